The number of piperidine rings is 1. The molecule has 1 saturated heterocycles. The third kappa shape index (κ3) is 5.98. The number of hydrogen-bond acceptors (Lipinski definition) is 5. The van der Waals surface area contributed by atoms with Crippen molar-refractivity contribution in [2.45, 2.75) is 38.4 Å². The van der Waals surface area contributed by atoms with E-state index in [1.165, 1.54) is 16.8 Å². The predicted octanol–water partition coefficient (Wildman–Crippen LogP) is 1.82. The van der Waals surface area contributed by atoms with Gasteiger partial charge in [-0.05, 0) is 47.9 Å². The molecule has 2 heterocycles. The van der Waals surface area contributed by atoms with Gasteiger partial charge in [0.05, 0.1) is 0 Å². The van der Waals surface area contributed by atoms with Gasteiger partial charge < -0.3 is 10.2 Å². The summed E-state index contributed by atoms with van der Waals surface area (Å²) < 4.78 is 51.9. The normalized spacial score (nSPS) is 16.2. The first-order chi connectivity index (χ1) is 14.6. The van der Waals surface area contributed by atoms with Crippen LogP contribution in [-0.2, 0) is 16.0 Å². The maximum atomic E-state index is 13.6. The van der Waals surface area contributed by atoms with Crippen molar-refractivity contribution in [2.75, 3.05) is 19.6 Å². The van der Waals surface area contributed by atoms with Crippen LogP contribution in [0.3, 0.4) is 0 Å². The monoisotopic (exact) mass is 442 g/mol. The minimum Gasteiger partial charge on any atom is -0.347 e. The lowest BCUT2D eigenvalue weighted by molar-refractivity contribution is -0.143. The van der Waals surface area contributed by atoms with Crippen LogP contribution in [-0.4, -0.2) is 62.7 Å². The van der Waals surface area contributed by atoms with Crippen molar-refractivity contribution in [3.05, 3.63) is 41.5 Å². The van der Waals surface area contributed by atoms with Crippen molar-refractivity contribution in [1.82, 2.24) is 30.4 Å². The van der Waals surface area contributed by atoms with Gasteiger partial charge in [0.15, 0.2) is 0 Å². The highest BCUT2D eigenvalue weighted by atomic mass is 19.4. The molecule has 8 nitrogen and oxygen atoms in total. The first-order valence-electron chi connectivity index (χ1n) is 9.76. The van der Waals surface area contributed by atoms with Gasteiger partial charge in [-0.15, -0.1) is 5.10 Å². The van der Waals surface area contributed by atoms with E-state index in [0.29, 0.717) is 11.4 Å². The molecule has 1 aromatic heterocycles. The standard InChI is InChI=1S/C19H22F4N6O2/c1-12-25-26-27-29(12)16(10-13-3-2-4-15(20)9-13)18(31)28-7-5-14(6-8-28)17(30)24-11-19(21,22)23/h2-4,9,14,16H,5-8,10-11H2,1H3,(H,24,30)/t16-/m0/s1. The van der Waals surface area contributed by atoms with Gasteiger partial charge in [-0.3, -0.25) is 9.59 Å². The van der Waals surface area contributed by atoms with Crippen LogP contribution in [0.25, 0.3) is 0 Å². The van der Waals surface area contributed by atoms with Crippen molar-refractivity contribution in [3.63, 3.8) is 0 Å². The van der Waals surface area contributed by atoms with E-state index in [-0.39, 0.29) is 38.3 Å². The Morgan fingerprint density at radius 3 is 2.55 bits per heavy atom. The largest absolute Gasteiger partial charge is 0.405 e. The van der Waals surface area contributed by atoms with E-state index in [2.05, 4.69) is 15.5 Å². The van der Waals surface area contributed by atoms with Crippen LogP contribution in [0.4, 0.5) is 17.6 Å². The molecular weight excluding hydrogens is 420 g/mol. The number of alkyl halides is 3. The van der Waals surface area contributed by atoms with E-state index < -0.39 is 36.4 Å². The Kier molecular flexibility index (Phi) is 6.86. The van der Waals surface area contributed by atoms with Gasteiger partial charge in [0.1, 0.15) is 24.2 Å². The van der Waals surface area contributed by atoms with E-state index >= 15 is 0 Å². The van der Waals surface area contributed by atoms with Crippen LogP contribution in [0, 0.1) is 18.7 Å². The van der Waals surface area contributed by atoms with E-state index in [4.69, 9.17) is 0 Å². The summed E-state index contributed by atoms with van der Waals surface area (Å²) >= 11 is 0. The summed E-state index contributed by atoms with van der Waals surface area (Å²) in [7, 11) is 0. The number of aromatic nitrogens is 4. The number of tetrazole rings is 1. The van der Waals surface area contributed by atoms with Crippen LogP contribution in [0.2, 0.25) is 0 Å². The molecule has 3 rings (SSSR count). The zero-order valence-corrected chi connectivity index (χ0v) is 16.8. The van der Waals surface area contributed by atoms with Gasteiger partial charge in [0.25, 0.3) is 0 Å². The van der Waals surface area contributed by atoms with Crippen LogP contribution >= 0.6 is 0 Å². The number of amides is 2. The number of halogens is 4. The smallest absolute Gasteiger partial charge is 0.347 e. The van der Waals surface area contributed by atoms with Crippen LogP contribution < -0.4 is 5.32 Å². The number of likely N-dealkylation sites (tertiary alicyclic amines) is 1. The van der Waals surface area contributed by atoms with Gasteiger partial charge in [0.2, 0.25) is 11.8 Å². The molecule has 1 aromatic carbocycles. The Bertz CT molecular complexity index is 924. The molecule has 0 spiro atoms. The van der Waals surface area contributed by atoms with E-state index in [0.717, 1.165) is 0 Å². The second-order valence-electron chi connectivity index (χ2n) is 7.45. The van der Waals surface area contributed by atoms with E-state index in [1.54, 1.807) is 24.0 Å². The highest BCUT2D eigenvalue weighted by Crippen LogP contribution is 2.24. The van der Waals surface area contributed by atoms with Crippen molar-refractivity contribution in [3.8, 4) is 0 Å². The first-order valence-corrected chi connectivity index (χ1v) is 9.76. The van der Waals surface area contributed by atoms with Gasteiger partial charge in [-0.1, -0.05) is 12.1 Å². The number of carbonyl (C=O) groups excluding carboxylic acids is 2. The molecule has 2 aromatic rings. The molecule has 0 bridgehead atoms. The van der Waals surface area contributed by atoms with E-state index in [1.807, 2.05) is 5.32 Å². The number of benzene rings is 1. The number of nitrogens with zero attached hydrogens (tertiary/aromatic N) is 5. The van der Waals surface area contributed by atoms with Gasteiger partial charge in [-0.25, -0.2) is 9.07 Å². The average molecular weight is 442 g/mol. The van der Waals surface area contributed by atoms with Crippen LogP contribution in [0.15, 0.2) is 24.3 Å². The molecule has 12 heteroatoms. The third-order valence-electron chi connectivity index (χ3n) is 5.20. The summed E-state index contributed by atoms with van der Waals surface area (Å²) in [5.41, 5.74) is 0.592. The molecular formula is C19H22F4N6O2. The molecule has 2 amide bonds. The average Bonchev–Trinajstić information content (AvgIpc) is 3.15. The summed E-state index contributed by atoms with van der Waals surface area (Å²) in [4.78, 5) is 26.8. The number of aryl methyl sites for hydroxylation is 1. The molecule has 1 aliphatic heterocycles. The molecule has 1 aliphatic rings. The quantitative estimate of drug-likeness (QED) is 0.689. The third-order valence-corrected chi connectivity index (χ3v) is 5.20. The summed E-state index contributed by atoms with van der Waals surface area (Å²) in [6, 6.07) is 5.06. The predicted molar refractivity (Wildman–Crippen MR) is 100 cm³/mol. The first kappa shape index (κ1) is 22.6. The Hall–Kier alpha value is -3.05. The molecule has 0 radical (unpaired) electrons. The van der Waals surface area contributed by atoms with Crippen molar-refractivity contribution >= 4 is 11.8 Å². The minimum atomic E-state index is -4.47. The molecule has 0 unspecified atom stereocenters. The SMILES string of the molecule is Cc1nnnn1[C@@H](Cc1cccc(F)c1)C(=O)N1CCC(C(=O)NCC(F)(F)F)CC1. The van der Waals surface area contributed by atoms with Gasteiger partial charge >= 0.3 is 6.18 Å². The second kappa shape index (κ2) is 9.40. The highest BCUT2D eigenvalue weighted by molar-refractivity contribution is 5.82. The molecule has 1 fully saturated rings. The Morgan fingerprint density at radius 1 is 1.26 bits per heavy atom. The summed E-state index contributed by atoms with van der Waals surface area (Å²) in [6.07, 6.45) is -3.82. The molecule has 0 saturated carbocycles. The Balaban J connectivity index is 1.67. The van der Waals surface area contributed by atoms with Gasteiger partial charge in [0, 0.05) is 25.4 Å². The van der Waals surface area contributed by atoms with Gasteiger partial charge in [-0.2, -0.15) is 13.2 Å². The fourth-order valence-electron chi connectivity index (χ4n) is 3.60. The molecule has 0 aliphatic carbocycles. The zero-order chi connectivity index (χ0) is 22.6. The summed E-state index contributed by atoms with van der Waals surface area (Å²) in [6.45, 7) is 0.690. The maximum Gasteiger partial charge on any atom is 0.405 e. The lowest BCUT2D eigenvalue weighted by Crippen LogP contribution is -2.47. The topological polar surface area (TPSA) is 93.0 Å². The molecule has 1 N–H and O–H groups in total. The second-order valence-corrected chi connectivity index (χ2v) is 7.45. The lowest BCUT2D eigenvalue weighted by Gasteiger charge is -2.33. The number of nitrogens with one attached hydrogen (secondary N) is 1. The van der Waals surface area contributed by atoms with Crippen molar-refractivity contribution < 1.29 is 27.2 Å². The van der Waals surface area contributed by atoms with Crippen molar-refractivity contribution in [2.24, 2.45) is 5.92 Å². The van der Waals surface area contributed by atoms with Crippen molar-refractivity contribution in [1.29, 1.82) is 0 Å². The highest BCUT2D eigenvalue weighted by Gasteiger charge is 2.34. The van der Waals surface area contributed by atoms with E-state index in [9.17, 15) is 27.2 Å². The summed E-state index contributed by atoms with van der Waals surface area (Å²) in [5, 5.41) is 13.2. The number of carbonyl (C=O) groups is 2. The lowest BCUT2D eigenvalue weighted by atomic mass is 9.94. The zero-order valence-electron chi connectivity index (χ0n) is 16.8. The fraction of sp³-hybridized carbons (Fsp3) is 0.526. The molecule has 31 heavy (non-hydrogen) atoms. The summed E-state index contributed by atoms with van der Waals surface area (Å²) in [5.74, 6) is -1.58. The maximum absolute atomic E-state index is 13.6. The Morgan fingerprint density at radius 2 is 1.97 bits per heavy atom. The number of hydrogen-bond donors (Lipinski definition) is 1. The molecule has 168 valence electrons. The fourth-order valence-corrected chi connectivity index (χ4v) is 3.60. The Labute approximate surface area is 175 Å². The van der Waals surface area contributed by atoms with Crippen LogP contribution in [0.5, 0.6) is 0 Å². The van der Waals surface area contributed by atoms with Crippen LogP contribution in [0.1, 0.15) is 30.3 Å². The molecule has 1 atom stereocenters. The number of rotatable bonds is 6. The minimum absolute atomic E-state index is 0.161.